The van der Waals surface area contributed by atoms with Gasteiger partial charge in [-0.05, 0) is 19.4 Å². The predicted molar refractivity (Wildman–Crippen MR) is 69.7 cm³/mol. The molecule has 0 aliphatic rings. The fraction of sp³-hybridized carbons (Fsp3) is 0.429. The van der Waals surface area contributed by atoms with Gasteiger partial charge < -0.3 is 10.0 Å². The summed E-state index contributed by atoms with van der Waals surface area (Å²) >= 11 is 0. The van der Waals surface area contributed by atoms with Crippen molar-refractivity contribution in [2.45, 2.75) is 25.4 Å². The molecular weight excluding hydrogens is 287 g/mol. The summed E-state index contributed by atoms with van der Waals surface area (Å²) in [5.74, 6) is -2.37. The fourth-order valence-electron chi connectivity index (χ4n) is 1.95. The molecule has 0 saturated carbocycles. The Morgan fingerprint density at radius 2 is 1.67 bits per heavy atom. The highest BCUT2D eigenvalue weighted by atomic mass is 19.4. The maximum Gasteiger partial charge on any atom is 0.406 e. The van der Waals surface area contributed by atoms with Crippen LogP contribution >= 0.6 is 0 Å². The van der Waals surface area contributed by atoms with Gasteiger partial charge in [-0.25, -0.2) is 0 Å². The number of carboxylic acid groups (broad SMARTS) is 1. The van der Waals surface area contributed by atoms with E-state index in [0.29, 0.717) is 10.5 Å². The van der Waals surface area contributed by atoms with E-state index in [1.54, 1.807) is 30.3 Å². The molecule has 1 amide bonds. The number of aliphatic carboxylic acids is 1. The number of carbonyl (C=O) groups excluding carboxylic acids is 1. The number of carboxylic acids is 1. The minimum atomic E-state index is -4.65. The molecule has 1 aromatic rings. The summed E-state index contributed by atoms with van der Waals surface area (Å²) in [4.78, 5) is 23.4. The third-order valence-corrected chi connectivity index (χ3v) is 3.01. The molecule has 0 fully saturated rings. The number of nitrogens with zero attached hydrogens (tertiary/aromatic N) is 1. The normalized spacial score (nSPS) is 12.0. The van der Waals surface area contributed by atoms with Crippen LogP contribution < -0.4 is 0 Å². The molecule has 1 N–H and O–H groups in total. The van der Waals surface area contributed by atoms with Crippen molar-refractivity contribution in [3.63, 3.8) is 0 Å². The number of hydrogen-bond donors (Lipinski definition) is 1. The van der Waals surface area contributed by atoms with Crippen LogP contribution in [-0.2, 0) is 15.0 Å². The highest BCUT2D eigenvalue weighted by Gasteiger charge is 2.40. The Hall–Kier alpha value is -2.05. The number of benzene rings is 1. The van der Waals surface area contributed by atoms with Gasteiger partial charge in [0.2, 0.25) is 5.91 Å². The standard InChI is InChI=1S/C14H16F3NO3/c1-13(2,10-6-4-3-5-7-10)12(21)18(8-11(19)20)9-14(15,16)17/h3-7H,8-9H2,1-2H3,(H,19,20). The van der Waals surface area contributed by atoms with Gasteiger partial charge in [0.1, 0.15) is 13.1 Å². The van der Waals surface area contributed by atoms with E-state index in [1.165, 1.54) is 13.8 Å². The van der Waals surface area contributed by atoms with E-state index < -0.39 is 36.6 Å². The van der Waals surface area contributed by atoms with Gasteiger partial charge in [0.25, 0.3) is 0 Å². The van der Waals surface area contributed by atoms with Crippen LogP contribution in [-0.4, -0.2) is 41.1 Å². The van der Waals surface area contributed by atoms with Crippen molar-refractivity contribution in [1.29, 1.82) is 0 Å². The first kappa shape index (κ1) is 17.0. The first-order chi connectivity index (χ1) is 9.54. The molecule has 1 rings (SSSR count). The van der Waals surface area contributed by atoms with Crippen LogP contribution in [0.1, 0.15) is 19.4 Å². The Balaban J connectivity index is 3.06. The lowest BCUT2D eigenvalue weighted by molar-refractivity contribution is -0.168. The summed E-state index contributed by atoms with van der Waals surface area (Å²) in [5, 5.41) is 8.70. The number of hydrogen-bond acceptors (Lipinski definition) is 2. The first-order valence-electron chi connectivity index (χ1n) is 6.17. The SMILES string of the molecule is CC(C)(C(=O)N(CC(=O)O)CC(F)(F)F)c1ccccc1. The maximum absolute atomic E-state index is 12.5. The lowest BCUT2D eigenvalue weighted by atomic mass is 9.83. The molecule has 4 nitrogen and oxygen atoms in total. The Morgan fingerprint density at radius 1 is 1.14 bits per heavy atom. The molecule has 0 heterocycles. The summed E-state index contributed by atoms with van der Waals surface area (Å²) in [6.45, 7) is 0.356. The topological polar surface area (TPSA) is 57.6 Å². The Kier molecular flexibility index (Phi) is 4.98. The molecule has 21 heavy (non-hydrogen) atoms. The zero-order valence-corrected chi connectivity index (χ0v) is 11.6. The van der Waals surface area contributed by atoms with E-state index in [0.717, 1.165) is 0 Å². The summed E-state index contributed by atoms with van der Waals surface area (Å²) in [6.07, 6.45) is -4.65. The average Bonchev–Trinajstić information content (AvgIpc) is 2.36. The van der Waals surface area contributed by atoms with Crippen LogP contribution in [0.3, 0.4) is 0 Å². The minimum absolute atomic E-state index is 0.315. The van der Waals surface area contributed by atoms with Crippen molar-refractivity contribution in [2.75, 3.05) is 13.1 Å². The molecule has 0 spiro atoms. The van der Waals surface area contributed by atoms with Crippen molar-refractivity contribution in [2.24, 2.45) is 0 Å². The maximum atomic E-state index is 12.5. The summed E-state index contributed by atoms with van der Waals surface area (Å²) in [7, 11) is 0. The number of halogens is 3. The van der Waals surface area contributed by atoms with Crippen molar-refractivity contribution in [3.05, 3.63) is 35.9 Å². The summed E-state index contributed by atoms with van der Waals surface area (Å²) in [6, 6.07) is 8.27. The van der Waals surface area contributed by atoms with Crippen molar-refractivity contribution in [1.82, 2.24) is 4.90 Å². The highest BCUT2D eigenvalue weighted by molar-refractivity contribution is 5.89. The van der Waals surface area contributed by atoms with Gasteiger partial charge in [-0.1, -0.05) is 30.3 Å². The van der Waals surface area contributed by atoms with Gasteiger partial charge in [0, 0.05) is 0 Å². The van der Waals surface area contributed by atoms with Crippen molar-refractivity contribution >= 4 is 11.9 Å². The third-order valence-electron chi connectivity index (χ3n) is 3.01. The Labute approximate surface area is 120 Å². The number of alkyl halides is 3. The van der Waals surface area contributed by atoms with E-state index in [1.807, 2.05) is 0 Å². The van der Waals surface area contributed by atoms with Crippen LogP contribution in [0.2, 0.25) is 0 Å². The molecule has 0 saturated heterocycles. The molecule has 0 unspecified atom stereocenters. The van der Waals surface area contributed by atoms with E-state index >= 15 is 0 Å². The van der Waals surface area contributed by atoms with E-state index in [9.17, 15) is 22.8 Å². The second-order valence-corrected chi connectivity index (χ2v) is 5.16. The predicted octanol–water partition coefficient (Wildman–Crippen LogP) is 2.44. The minimum Gasteiger partial charge on any atom is -0.480 e. The Bertz CT molecular complexity index is 512. The zero-order valence-electron chi connectivity index (χ0n) is 11.6. The molecular formula is C14H16F3NO3. The number of rotatable bonds is 5. The van der Waals surface area contributed by atoms with Crippen molar-refractivity contribution in [3.8, 4) is 0 Å². The van der Waals surface area contributed by atoms with Crippen LogP contribution in [0.5, 0.6) is 0 Å². The van der Waals surface area contributed by atoms with Gasteiger partial charge >= 0.3 is 12.1 Å². The molecule has 0 aliphatic carbocycles. The highest BCUT2D eigenvalue weighted by Crippen LogP contribution is 2.27. The van der Waals surface area contributed by atoms with Gasteiger partial charge in [0.15, 0.2) is 0 Å². The van der Waals surface area contributed by atoms with Crippen LogP contribution in [0.15, 0.2) is 30.3 Å². The smallest absolute Gasteiger partial charge is 0.406 e. The van der Waals surface area contributed by atoms with Gasteiger partial charge in [-0.2, -0.15) is 13.2 Å². The molecule has 116 valence electrons. The lowest BCUT2D eigenvalue weighted by Crippen LogP contribution is -2.49. The molecule has 7 heteroatoms. The van der Waals surface area contributed by atoms with Crippen LogP contribution in [0.4, 0.5) is 13.2 Å². The second-order valence-electron chi connectivity index (χ2n) is 5.16. The van der Waals surface area contributed by atoms with Gasteiger partial charge in [-0.3, -0.25) is 9.59 Å². The fourth-order valence-corrected chi connectivity index (χ4v) is 1.95. The molecule has 1 aromatic carbocycles. The monoisotopic (exact) mass is 303 g/mol. The molecule has 0 radical (unpaired) electrons. The molecule has 0 aromatic heterocycles. The van der Waals surface area contributed by atoms with E-state index in [4.69, 9.17) is 5.11 Å². The quantitative estimate of drug-likeness (QED) is 0.909. The number of amides is 1. The Morgan fingerprint density at radius 3 is 2.10 bits per heavy atom. The number of carbonyl (C=O) groups is 2. The van der Waals surface area contributed by atoms with Crippen LogP contribution in [0, 0.1) is 0 Å². The van der Waals surface area contributed by atoms with E-state index in [-0.39, 0.29) is 0 Å². The molecule has 0 bridgehead atoms. The largest absolute Gasteiger partial charge is 0.480 e. The van der Waals surface area contributed by atoms with Crippen molar-refractivity contribution < 1.29 is 27.9 Å². The third kappa shape index (κ3) is 4.77. The zero-order chi connectivity index (χ0) is 16.3. The van der Waals surface area contributed by atoms with E-state index in [2.05, 4.69) is 0 Å². The van der Waals surface area contributed by atoms with Gasteiger partial charge in [0.05, 0.1) is 5.41 Å². The summed E-state index contributed by atoms with van der Waals surface area (Å²) in [5.41, 5.74) is -0.727. The lowest BCUT2D eigenvalue weighted by Gasteiger charge is -2.31. The first-order valence-corrected chi connectivity index (χ1v) is 6.17. The summed E-state index contributed by atoms with van der Waals surface area (Å²) < 4.78 is 37.6. The van der Waals surface area contributed by atoms with Gasteiger partial charge in [-0.15, -0.1) is 0 Å². The average molecular weight is 303 g/mol. The van der Waals surface area contributed by atoms with Crippen LogP contribution in [0.25, 0.3) is 0 Å². The molecule has 0 aliphatic heterocycles. The second kappa shape index (κ2) is 6.15. The molecule has 0 atom stereocenters.